The minimum Gasteiger partial charge on any atom is -0.494 e. The second kappa shape index (κ2) is 7.31. The highest BCUT2D eigenvalue weighted by atomic mass is 32.1. The quantitative estimate of drug-likeness (QED) is 0.734. The van der Waals surface area contributed by atoms with Crippen LogP contribution < -0.4 is 15.6 Å². The van der Waals surface area contributed by atoms with Crippen molar-refractivity contribution in [2.45, 2.75) is 13.8 Å². The van der Waals surface area contributed by atoms with Crippen LogP contribution in [0.2, 0.25) is 0 Å². The summed E-state index contributed by atoms with van der Waals surface area (Å²) in [5, 5.41) is 3.27. The van der Waals surface area contributed by atoms with Crippen LogP contribution in [0.3, 0.4) is 0 Å². The van der Waals surface area contributed by atoms with Gasteiger partial charge in [-0.2, -0.15) is 0 Å². The molecule has 3 rings (SSSR count). The molecule has 2 N–H and O–H groups in total. The molecule has 128 valence electrons. The van der Waals surface area contributed by atoms with E-state index in [-0.39, 0.29) is 11.5 Å². The fourth-order valence-electron chi connectivity index (χ4n) is 2.31. The molecule has 0 aliphatic rings. The van der Waals surface area contributed by atoms with Crippen LogP contribution >= 0.6 is 11.3 Å². The minimum absolute atomic E-state index is 0.251. The van der Waals surface area contributed by atoms with E-state index < -0.39 is 0 Å². The fraction of sp³-hybridized carbons (Fsp3) is 0.167. The average molecular weight is 355 g/mol. The van der Waals surface area contributed by atoms with E-state index in [4.69, 9.17) is 4.74 Å². The maximum absolute atomic E-state index is 12.2. The standard InChI is InChI=1S/C18H17N3O3S/c1-3-24-14-7-4-12(5-8-14)16-11(2)25-18(20-16)21-17(23)13-6-9-15(22)19-10-13/h4-10H,3H2,1-2H3,(H,19,22)(H,20,21,23). The van der Waals surface area contributed by atoms with Crippen molar-refractivity contribution in [1.29, 1.82) is 0 Å². The molecule has 0 bridgehead atoms. The topological polar surface area (TPSA) is 84.1 Å². The zero-order valence-corrected chi connectivity index (χ0v) is 14.6. The zero-order valence-electron chi connectivity index (χ0n) is 13.8. The lowest BCUT2D eigenvalue weighted by atomic mass is 10.1. The first kappa shape index (κ1) is 16.9. The van der Waals surface area contributed by atoms with Crippen LogP contribution in [0, 0.1) is 6.92 Å². The number of pyridine rings is 1. The molecular formula is C18H17N3O3S. The second-order valence-electron chi connectivity index (χ2n) is 5.28. The van der Waals surface area contributed by atoms with Crippen LogP contribution in [0.4, 0.5) is 5.13 Å². The Bertz CT molecular complexity index is 924. The molecule has 6 nitrogen and oxygen atoms in total. The number of nitrogens with one attached hydrogen (secondary N) is 2. The van der Waals surface area contributed by atoms with Gasteiger partial charge in [0.05, 0.1) is 17.9 Å². The van der Waals surface area contributed by atoms with E-state index in [1.165, 1.54) is 29.7 Å². The van der Waals surface area contributed by atoms with Gasteiger partial charge in [0.2, 0.25) is 5.56 Å². The first-order valence-corrected chi connectivity index (χ1v) is 8.59. The SMILES string of the molecule is CCOc1ccc(-c2nc(NC(=O)c3ccc(=O)[nH]c3)sc2C)cc1. The van der Waals surface area contributed by atoms with E-state index in [9.17, 15) is 9.59 Å². The molecule has 25 heavy (non-hydrogen) atoms. The van der Waals surface area contributed by atoms with Crippen molar-refractivity contribution in [2.24, 2.45) is 0 Å². The number of carbonyl (C=O) groups excluding carboxylic acids is 1. The van der Waals surface area contributed by atoms with Crippen molar-refractivity contribution in [3.05, 3.63) is 63.4 Å². The number of H-pyrrole nitrogens is 1. The fourth-order valence-corrected chi connectivity index (χ4v) is 3.15. The van der Waals surface area contributed by atoms with Crippen LogP contribution in [0.25, 0.3) is 11.3 Å². The molecule has 2 aromatic heterocycles. The highest BCUT2D eigenvalue weighted by molar-refractivity contribution is 7.16. The number of benzene rings is 1. The van der Waals surface area contributed by atoms with Gasteiger partial charge in [-0.3, -0.25) is 14.9 Å². The number of thiazole rings is 1. The molecule has 0 radical (unpaired) electrons. The number of anilines is 1. The van der Waals surface area contributed by atoms with Gasteiger partial charge < -0.3 is 9.72 Å². The molecule has 0 atom stereocenters. The lowest BCUT2D eigenvalue weighted by Gasteiger charge is -2.04. The number of hydrogen-bond acceptors (Lipinski definition) is 5. The minimum atomic E-state index is -0.316. The van der Waals surface area contributed by atoms with Crippen molar-refractivity contribution in [1.82, 2.24) is 9.97 Å². The predicted octanol–water partition coefficient (Wildman–Crippen LogP) is 3.46. The maximum Gasteiger partial charge on any atom is 0.258 e. The van der Waals surface area contributed by atoms with Crippen molar-refractivity contribution in [2.75, 3.05) is 11.9 Å². The number of nitrogens with zero attached hydrogens (tertiary/aromatic N) is 1. The first-order chi connectivity index (χ1) is 12.1. The van der Waals surface area contributed by atoms with Gasteiger partial charge >= 0.3 is 0 Å². The summed E-state index contributed by atoms with van der Waals surface area (Å²) in [4.78, 5) is 31.3. The van der Waals surface area contributed by atoms with Crippen LogP contribution in [-0.2, 0) is 0 Å². The molecule has 0 saturated heterocycles. The molecule has 0 saturated carbocycles. The van der Waals surface area contributed by atoms with E-state index in [2.05, 4.69) is 15.3 Å². The van der Waals surface area contributed by atoms with Gasteiger partial charge in [0.25, 0.3) is 5.91 Å². The maximum atomic E-state index is 12.2. The molecule has 0 spiro atoms. The summed E-state index contributed by atoms with van der Waals surface area (Å²) in [5.74, 6) is 0.494. The Morgan fingerprint density at radius 2 is 2.00 bits per heavy atom. The summed E-state index contributed by atoms with van der Waals surface area (Å²) in [6, 6.07) is 10.5. The lowest BCUT2D eigenvalue weighted by molar-refractivity contribution is 0.102. The normalized spacial score (nSPS) is 10.5. The second-order valence-corrected chi connectivity index (χ2v) is 6.48. The van der Waals surface area contributed by atoms with Crippen LogP contribution in [0.1, 0.15) is 22.2 Å². The number of ether oxygens (including phenoxy) is 1. The van der Waals surface area contributed by atoms with Gasteiger partial charge in [0.1, 0.15) is 5.75 Å². The van der Waals surface area contributed by atoms with Gasteiger partial charge in [-0.05, 0) is 44.2 Å². The van der Waals surface area contributed by atoms with E-state index in [1.54, 1.807) is 0 Å². The number of hydrogen-bond donors (Lipinski definition) is 2. The van der Waals surface area contributed by atoms with Gasteiger partial charge in [0, 0.05) is 22.7 Å². The third-order valence-electron chi connectivity index (χ3n) is 3.50. The van der Waals surface area contributed by atoms with Crippen molar-refractivity contribution in [3.8, 4) is 17.0 Å². The number of rotatable bonds is 5. The molecular weight excluding hydrogens is 338 g/mol. The molecule has 2 heterocycles. The predicted molar refractivity (Wildman–Crippen MR) is 98.5 cm³/mol. The Morgan fingerprint density at radius 3 is 2.64 bits per heavy atom. The molecule has 1 amide bonds. The zero-order chi connectivity index (χ0) is 17.8. The summed E-state index contributed by atoms with van der Waals surface area (Å²) >= 11 is 1.40. The van der Waals surface area contributed by atoms with E-state index >= 15 is 0 Å². The van der Waals surface area contributed by atoms with Crippen LogP contribution in [0.5, 0.6) is 5.75 Å². The Morgan fingerprint density at radius 1 is 1.24 bits per heavy atom. The van der Waals surface area contributed by atoms with E-state index in [0.717, 1.165) is 21.9 Å². The number of amides is 1. The van der Waals surface area contributed by atoms with Crippen LogP contribution in [-0.4, -0.2) is 22.5 Å². The molecule has 3 aromatic rings. The van der Waals surface area contributed by atoms with Gasteiger partial charge in [0.15, 0.2) is 5.13 Å². The number of aryl methyl sites for hydroxylation is 1. The average Bonchev–Trinajstić information content (AvgIpc) is 2.96. The molecule has 0 aliphatic heterocycles. The lowest BCUT2D eigenvalue weighted by Crippen LogP contribution is -2.14. The van der Waals surface area contributed by atoms with Crippen molar-refractivity contribution in [3.63, 3.8) is 0 Å². The molecule has 0 unspecified atom stereocenters. The molecule has 1 aromatic carbocycles. The monoisotopic (exact) mass is 355 g/mol. The summed E-state index contributed by atoms with van der Waals surface area (Å²) in [7, 11) is 0. The molecule has 0 fully saturated rings. The molecule has 7 heteroatoms. The number of carbonyl (C=O) groups is 1. The Labute approximate surface area is 148 Å². The molecule has 0 aliphatic carbocycles. The first-order valence-electron chi connectivity index (χ1n) is 7.77. The third kappa shape index (κ3) is 3.95. The highest BCUT2D eigenvalue weighted by Crippen LogP contribution is 2.31. The Kier molecular flexibility index (Phi) is 4.95. The highest BCUT2D eigenvalue weighted by Gasteiger charge is 2.13. The van der Waals surface area contributed by atoms with Crippen LogP contribution in [0.15, 0.2) is 47.4 Å². The van der Waals surface area contributed by atoms with Gasteiger partial charge in [-0.1, -0.05) is 0 Å². The van der Waals surface area contributed by atoms with Gasteiger partial charge in [-0.15, -0.1) is 11.3 Å². The summed E-state index contributed by atoms with van der Waals surface area (Å²) in [6.07, 6.45) is 1.38. The van der Waals surface area contributed by atoms with E-state index in [0.29, 0.717) is 17.3 Å². The number of aromatic amines is 1. The number of aromatic nitrogens is 2. The summed E-state index contributed by atoms with van der Waals surface area (Å²) in [6.45, 7) is 4.52. The van der Waals surface area contributed by atoms with E-state index in [1.807, 2.05) is 38.1 Å². The largest absolute Gasteiger partial charge is 0.494 e. The summed E-state index contributed by atoms with van der Waals surface area (Å²) < 4.78 is 5.44. The van der Waals surface area contributed by atoms with Gasteiger partial charge in [-0.25, -0.2) is 4.98 Å². The third-order valence-corrected chi connectivity index (χ3v) is 4.39. The Hall–Kier alpha value is -2.93. The van der Waals surface area contributed by atoms with Crippen molar-refractivity contribution < 1.29 is 9.53 Å². The summed E-state index contributed by atoms with van der Waals surface area (Å²) in [5.41, 5.74) is 1.90. The Balaban J connectivity index is 1.78. The smallest absolute Gasteiger partial charge is 0.258 e. The van der Waals surface area contributed by atoms with Crippen molar-refractivity contribution >= 4 is 22.4 Å².